The number of nitrogens with zero attached hydrogens (tertiary/aromatic N) is 1. The van der Waals surface area contributed by atoms with Crippen LogP contribution in [0.2, 0.25) is 0 Å². The molecule has 5 heteroatoms. The van der Waals surface area contributed by atoms with Crippen LogP contribution in [0.25, 0.3) is 0 Å². The Morgan fingerprint density at radius 2 is 1.72 bits per heavy atom. The molecule has 5 nitrogen and oxygen atoms in total. The van der Waals surface area contributed by atoms with Crippen LogP contribution in [0, 0.1) is 0 Å². The maximum absolute atomic E-state index is 11.7. The molecule has 0 saturated heterocycles. The van der Waals surface area contributed by atoms with Gasteiger partial charge in [0.25, 0.3) is 11.8 Å². The number of hydrogen-bond acceptors (Lipinski definition) is 4. The van der Waals surface area contributed by atoms with Crippen LogP contribution in [-0.4, -0.2) is 35.8 Å². The van der Waals surface area contributed by atoms with E-state index in [0.29, 0.717) is 17.6 Å². The Kier molecular flexibility index (Phi) is 4.42. The smallest absolute Gasteiger partial charge is 0.326 e. The van der Waals surface area contributed by atoms with Gasteiger partial charge in [0.15, 0.2) is 0 Å². The summed E-state index contributed by atoms with van der Waals surface area (Å²) in [4.78, 5) is 35.7. The average Bonchev–Trinajstić information content (AvgIpc) is 2.46. The molecular weight excluding hydrogens is 234 g/mol. The molecule has 0 aliphatic carbocycles. The van der Waals surface area contributed by atoms with Gasteiger partial charge in [0, 0.05) is 17.6 Å². The molecule has 1 heterocycles. The highest BCUT2D eigenvalue weighted by molar-refractivity contribution is 6.19. The Bertz CT molecular complexity index is 424. The highest BCUT2D eigenvalue weighted by atomic mass is 16.5. The second kappa shape index (κ2) is 5.62. The Hall–Kier alpha value is -1.91. The molecule has 18 heavy (non-hydrogen) atoms. The first kappa shape index (κ1) is 14.2. The van der Waals surface area contributed by atoms with Crippen LogP contribution in [0.4, 0.5) is 0 Å². The zero-order chi connectivity index (χ0) is 13.9. The van der Waals surface area contributed by atoms with Crippen LogP contribution in [0.1, 0.15) is 27.2 Å². The number of amides is 2. The Morgan fingerprint density at radius 1 is 1.22 bits per heavy atom. The van der Waals surface area contributed by atoms with Gasteiger partial charge in [-0.25, -0.2) is 0 Å². The van der Waals surface area contributed by atoms with Crippen LogP contribution >= 0.6 is 0 Å². The minimum absolute atomic E-state index is 0.218. The molecule has 0 atom stereocenters. The monoisotopic (exact) mass is 251 g/mol. The lowest BCUT2D eigenvalue weighted by atomic mass is 10.2. The van der Waals surface area contributed by atoms with E-state index in [1.54, 1.807) is 13.8 Å². The quantitative estimate of drug-likeness (QED) is 0.418. The predicted molar refractivity (Wildman–Crippen MR) is 65.5 cm³/mol. The molecule has 1 rings (SSSR count). The summed E-state index contributed by atoms with van der Waals surface area (Å²) >= 11 is 0. The topological polar surface area (TPSA) is 63.7 Å². The molecule has 0 spiro atoms. The van der Waals surface area contributed by atoms with E-state index in [1.165, 1.54) is 0 Å². The molecule has 2 amide bonds. The van der Waals surface area contributed by atoms with E-state index < -0.39 is 17.8 Å². The van der Waals surface area contributed by atoms with E-state index in [9.17, 15) is 14.4 Å². The number of rotatable bonds is 5. The molecular formula is C13H17NO4. The maximum Gasteiger partial charge on any atom is 0.326 e. The van der Waals surface area contributed by atoms with Crippen LogP contribution in [0.15, 0.2) is 23.3 Å². The van der Waals surface area contributed by atoms with Crippen molar-refractivity contribution in [2.24, 2.45) is 0 Å². The van der Waals surface area contributed by atoms with Crippen LogP contribution < -0.4 is 0 Å². The largest absolute Gasteiger partial charge is 0.464 e. The molecule has 1 aliphatic heterocycles. The maximum atomic E-state index is 11.7. The lowest BCUT2D eigenvalue weighted by molar-refractivity contribution is -0.151. The molecule has 98 valence electrons. The molecule has 0 fully saturated rings. The second-order valence-corrected chi connectivity index (χ2v) is 4.37. The lowest BCUT2D eigenvalue weighted by Gasteiger charge is -2.13. The SMILES string of the molecule is C=C(C)CCOC(=O)CN1C(=O)C(C)=C(C)C1=O. The van der Waals surface area contributed by atoms with Crippen molar-refractivity contribution in [3.8, 4) is 0 Å². The van der Waals surface area contributed by atoms with Gasteiger partial charge in [-0.15, -0.1) is 6.58 Å². The van der Waals surface area contributed by atoms with Gasteiger partial charge in [0.1, 0.15) is 6.54 Å². The third kappa shape index (κ3) is 3.06. The number of hydrogen-bond donors (Lipinski definition) is 0. The first-order chi connectivity index (χ1) is 8.34. The van der Waals surface area contributed by atoms with E-state index in [-0.39, 0.29) is 13.2 Å². The van der Waals surface area contributed by atoms with Gasteiger partial charge in [0.2, 0.25) is 0 Å². The Morgan fingerprint density at radius 3 is 2.17 bits per heavy atom. The van der Waals surface area contributed by atoms with Crippen molar-refractivity contribution in [1.29, 1.82) is 0 Å². The Balaban J connectivity index is 2.50. The summed E-state index contributed by atoms with van der Waals surface area (Å²) in [5.41, 5.74) is 1.67. The van der Waals surface area contributed by atoms with Crippen molar-refractivity contribution in [2.45, 2.75) is 27.2 Å². The van der Waals surface area contributed by atoms with Crippen molar-refractivity contribution in [2.75, 3.05) is 13.2 Å². The Labute approximate surface area is 106 Å². The zero-order valence-electron chi connectivity index (χ0n) is 10.9. The number of carbonyl (C=O) groups is 3. The van der Waals surface area contributed by atoms with E-state index >= 15 is 0 Å². The second-order valence-electron chi connectivity index (χ2n) is 4.37. The van der Waals surface area contributed by atoms with Crippen molar-refractivity contribution < 1.29 is 19.1 Å². The highest BCUT2D eigenvalue weighted by Crippen LogP contribution is 2.19. The number of ether oxygens (including phenoxy) is 1. The fourth-order valence-electron chi connectivity index (χ4n) is 1.48. The van der Waals surface area contributed by atoms with E-state index in [1.807, 2.05) is 6.92 Å². The van der Waals surface area contributed by atoms with Crippen LogP contribution in [0.5, 0.6) is 0 Å². The van der Waals surface area contributed by atoms with Crippen molar-refractivity contribution in [1.82, 2.24) is 4.90 Å². The minimum atomic E-state index is -0.583. The predicted octanol–water partition coefficient (Wildman–Crippen LogP) is 1.20. The van der Waals surface area contributed by atoms with Crippen molar-refractivity contribution in [3.05, 3.63) is 23.3 Å². The van der Waals surface area contributed by atoms with Crippen LogP contribution in [-0.2, 0) is 19.1 Å². The van der Waals surface area contributed by atoms with Gasteiger partial charge in [0.05, 0.1) is 6.61 Å². The summed E-state index contributed by atoms with van der Waals surface area (Å²) in [5, 5.41) is 0. The highest BCUT2D eigenvalue weighted by Gasteiger charge is 2.34. The summed E-state index contributed by atoms with van der Waals surface area (Å²) in [7, 11) is 0. The number of carbonyl (C=O) groups excluding carboxylic acids is 3. The van der Waals surface area contributed by atoms with Gasteiger partial charge < -0.3 is 4.74 Å². The molecule has 0 radical (unpaired) electrons. The van der Waals surface area contributed by atoms with E-state index in [2.05, 4.69) is 6.58 Å². The molecule has 0 unspecified atom stereocenters. The van der Waals surface area contributed by atoms with Gasteiger partial charge in [-0.2, -0.15) is 0 Å². The van der Waals surface area contributed by atoms with Gasteiger partial charge in [-0.3, -0.25) is 19.3 Å². The van der Waals surface area contributed by atoms with E-state index in [4.69, 9.17) is 4.74 Å². The minimum Gasteiger partial charge on any atom is -0.464 e. The fraction of sp³-hybridized carbons (Fsp3) is 0.462. The third-order valence-corrected chi connectivity index (χ3v) is 2.77. The summed E-state index contributed by atoms with van der Waals surface area (Å²) in [6, 6.07) is 0. The molecule has 0 aromatic carbocycles. The van der Waals surface area contributed by atoms with Gasteiger partial charge in [-0.05, 0) is 20.8 Å². The lowest BCUT2D eigenvalue weighted by Crippen LogP contribution is -2.37. The molecule has 0 saturated carbocycles. The number of esters is 1. The zero-order valence-corrected chi connectivity index (χ0v) is 10.9. The summed E-state index contributed by atoms with van der Waals surface area (Å²) < 4.78 is 4.92. The molecule has 0 N–H and O–H groups in total. The van der Waals surface area contributed by atoms with Crippen molar-refractivity contribution in [3.63, 3.8) is 0 Å². The molecule has 0 aromatic heterocycles. The fourth-order valence-corrected chi connectivity index (χ4v) is 1.48. The first-order valence-electron chi connectivity index (χ1n) is 5.68. The van der Waals surface area contributed by atoms with Crippen LogP contribution in [0.3, 0.4) is 0 Å². The molecule has 0 bridgehead atoms. The summed E-state index contributed by atoms with van der Waals surface area (Å²) in [6.07, 6.45) is 0.573. The summed E-state index contributed by atoms with van der Waals surface area (Å²) in [6.45, 7) is 8.54. The van der Waals surface area contributed by atoms with Gasteiger partial charge in [-0.1, -0.05) is 5.57 Å². The van der Waals surface area contributed by atoms with Gasteiger partial charge >= 0.3 is 5.97 Å². The summed E-state index contributed by atoms with van der Waals surface area (Å²) in [5.74, 6) is -1.43. The normalized spacial score (nSPS) is 15.4. The number of imide groups is 1. The van der Waals surface area contributed by atoms with E-state index in [0.717, 1.165) is 10.5 Å². The molecule has 0 aromatic rings. The third-order valence-electron chi connectivity index (χ3n) is 2.77. The first-order valence-corrected chi connectivity index (χ1v) is 5.68. The molecule has 1 aliphatic rings. The standard InChI is InChI=1S/C13H17NO4/c1-8(2)5-6-18-11(15)7-14-12(16)9(3)10(4)13(14)17/h1,5-7H2,2-4H3. The average molecular weight is 251 g/mol. The van der Waals surface area contributed by atoms with Crippen molar-refractivity contribution >= 4 is 17.8 Å².